The Morgan fingerprint density at radius 1 is 1.28 bits per heavy atom. The summed E-state index contributed by atoms with van der Waals surface area (Å²) < 4.78 is 1.92. The van der Waals surface area contributed by atoms with E-state index in [0.29, 0.717) is 0 Å². The van der Waals surface area contributed by atoms with Gasteiger partial charge in [-0.2, -0.15) is 5.10 Å². The number of anilines is 2. The fourth-order valence-electron chi connectivity index (χ4n) is 2.10. The van der Waals surface area contributed by atoms with E-state index < -0.39 is 0 Å². The SMILES string of the molecule is Cc1nn(C)c(C)c1CNc1cccc(N)c1C. The minimum absolute atomic E-state index is 0.774. The molecule has 0 saturated carbocycles. The molecule has 0 bridgehead atoms. The van der Waals surface area contributed by atoms with Gasteiger partial charge < -0.3 is 11.1 Å². The van der Waals surface area contributed by atoms with Gasteiger partial charge in [-0.05, 0) is 38.5 Å². The van der Waals surface area contributed by atoms with Crippen LogP contribution in [-0.2, 0) is 13.6 Å². The van der Waals surface area contributed by atoms with E-state index in [1.807, 2.05) is 43.8 Å². The van der Waals surface area contributed by atoms with Crippen LogP contribution in [0.1, 0.15) is 22.5 Å². The maximum Gasteiger partial charge on any atom is 0.0646 e. The molecule has 1 aromatic heterocycles. The summed E-state index contributed by atoms with van der Waals surface area (Å²) >= 11 is 0. The number of aryl methyl sites for hydroxylation is 2. The van der Waals surface area contributed by atoms with Crippen molar-refractivity contribution in [1.82, 2.24) is 9.78 Å². The number of nitrogens with zero attached hydrogens (tertiary/aromatic N) is 2. The summed E-state index contributed by atoms with van der Waals surface area (Å²) in [6.07, 6.45) is 0. The molecule has 0 saturated heterocycles. The van der Waals surface area contributed by atoms with Crippen molar-refractivity contribution >= 4 is 11.4 Å². The minimum atomic E-state index is 0.774. The van der Waals surface area contributed by atoms with Crippen molar-refractivity contribution < 1.29 is 0 Å². The molecule has 3 N–H and O–H groups in total. The summed E-state index contributed by atoms with van der Waals surface area (Å²) in [5, 5.41) is 7.85. The lowest BCUT2D eigenvalue weighted by Crippen LogP contribution is -2.04. The van der Waals surface area contributed by atoms with Crippen LogP contribution in [0, 0.1) is 20.8 Å². The molecule has 1 heterocycles. The average Bonchev–Trinajstić information content (AvgIpc) is 2.56. The van der Waals surface area contributed by atoms with Crippen LogP contribution in [0.4, 0.5) is 11.4 Å². The molecule has 18 heavy (non-hydrogen) atoms. The van der Waals surface area contributed by atoms with Crippen LogP contribution in [-0.4, -0.2) is 9.78 Å². The monoisotopic (exact) mass is 244 g/mol. The molecule has 0 unspecified atom stereocenters. The van der Waals surface area contributed by atoms with Crippen LogP contribution in [0.3, 0.4) is 0 Å². The maximum absolute atomic E-state index is 5.90. The highest BCUT2D eigenvalue weighted by molar-refractivity contribution is 5.62. The topological polar surface area (TPSA) is 55.9 Å². The Kier molecular flexibility index (Phi) is 3.28. The van der Waals surface area contributed by atoms with E-state index in [2.05, 4.69) is 17.3 Å². The van der Waals surface area contributed by atoms with E-state index in [0.717, 1.165) is 29.2 Å². The van der Waals surface area contributed by atoms with E-state index in [1.165, 1.54) is 11.3 Å². The van der Waals surface area contributed by atoms with Gasteiger partial charge in [0.2, 0.25) is 0 Å². The smallest absolute Gasteiger partial charge is 0.0646 e. The molecule has 0 aliphatic carbocycles. The molecule has 0 fully saturated rings. The summed E-state index contributed by atoms with van der Waals surface area (Å²) in [5.74, 6) is 0. The Hall–Kier alpha value is -1.97. The zero-order valence-electron chi connectivity index (χ0n) is 11.4. The van der Waals surface area contributed by atoms with Crippen molar-refractivity contribution in [3.63, 3.8) is 0 Å². The van der Waals surface area contributed by atoms with Gasteiger partial charge in [0.1, 0.15) is 0 Å². The van der Waals surface area contributed by atoms with Crippen molar-refractivity contribution in [2.24, 2.45) is 7.05 Å². The first kappa shape index (κ1) is 12.5. The number of nitrogens with one attached hydrogen (secondary N) is 1. The predicted molar refractivity (Wildman–Crippen MR) is 75.6 cm³/mol. The molecule has 96 valence electrons. The van der Waals surface area contributed by atoms with Gasteiger partial charge in [-0.3, -0.25) is 4.68 Å². The fraction of sp³-hybridized carbons (Fsp3) is 0.357. The number of rotatable bonds is 3. The quantitative estimate of drug-likeness (QED) is 0.816. The van der Waals surface area contributed by atoms with Crippen molar-refractivity contribution in [2.45, 2.75) is 27.3 Å². The Morgan fingerprint density at radius 3 is 2.61 bits per heavy atom. The standard InChI is InChI=1S/C14H20N4/c1-9-13(15)6-5-7-14(9)16-8-12-10(2)17-18(4)11(12)3/h5-7,16H,8,15H2,1-4H3. The van der Waals surface area contributed by atoms with Gasteiger partial charge in [0.15, 0.2) is 0 Å². The predicted octanol–water partition coefficient (Wildman–Crippen LogP) is 2.54. The second kappa shape index (κ2) is 4.72. The maximum atomic E-state index is 5.90. The Bertz CT molecular complexity index is 569. The Labute approximate surface area is 108 Å². The first-order chi connectivity index (χ1) is 8.50. The number of benzene rings is 1. The molecule has 0 atom stereocenters. The van der Waals surface area contributed by atoms with Crippen molar-refractivity contribution in [3.05, 3.63) is 40.7 Å². The molecular weight excluding hydrogens is 224 g/mol. The first-order valence-corrected chi connectivity index (χ1v) is 6.08. The van der Waals surface area contributed by atoms with Crippen molar-refractivity contribution in [2.75, 3.05) is 11.1 Å². The second-order valence-electron chi connectivity index (χ2n) is 4.65. The number of nitrogens with two attached hydrogens (primary N) is 1. The number of nitrogen functional groups attached to an aromatic ring is 1. The third-order valence-corrected chi connectivity index (χ3v) is 3.49. The van der Waals surface area contributed by atoms with Crippen LogP contribution in [0.2, 0.25) is 0 Å². The van der Waals surface area contributed by atoms with E-state index in [4.69, 9.17) is 5.73 Å². The highest BCUT2D eigenvalue weighted by atomic mass is 15.3. The Balaban J connectivity index is 2.19. The molecule has 2 rings (SSSR count). The second-order valence-corrected chi connectivity index (χ2v) is 4.65. The third kappa shape index (κ3) is 2.18. The minimum Gasteiger partial charge on any atom is -0.398 e. The lowest BCUT2D eigenvalue weighted by molar-refractivity contribution is 0.730. The average molecular weight is 244 g/mol. The van der Waals surface area contributed by atoms with Gasteiger partial charge in [0, 0.05) is 36.2 Å². The summed E-state index contributed by atoms with van der Waals surface area (Å²) in [4.78, 5) is 0. The van der Waals surface area contributed by atoms with E-state index in [1.54, 1.807) is 0 Å². The highest BCUT2D eigenvalue weighted by Gasteiger charge is 2.09. The number of hydrogen-bond acceptors (Lipinski definition) is 3. The zero-order valence-corrected chi connectivity index (χ0v) is 11.4. The first-order valence-electron chi connectivity index (χ1n) is 6.08. The van der Waals surface area contributed by atoms with Crippen molar-refractivity contribution in [3.8, 4) is 0 Å². The molecule has 2 aromatic rings. The van der Waals surface area contributed by atoms with Crippen LogP contribution in [0.5, 0.6) is 0 Å². The summed E-state index contributed by atoms with van der Waals surface area (Å²) in [5.41, 5.74) is 12.4. The largest absolute Gasteiger partial charge is 0.398 e. The molecule has 1 aromatic carbocycles. The van der Waals surface area contributed by atoms with Gasteiger partial charge in [0.25, 0.3) is 0 Å². The van der Waals surface area contributed by atoms with Crippen LogP contribution in [0.25, 0.3) is 0 Å². The van der Waals surface area contributed by atoms with Gasteiger partial charge in [-0.25, -0.2) is 0 Å². The molecule has 0 aliphatic rings. The van der Waals surface area contributed by atoms with E-state index >= 15 is 0 Å². The summed E-state index contributed by atoms with van der Waals surface area (Å²) in [6, 6.07) is 5.93. The van der Waals surface area contributed by atoms with Crippen LogP contribution < -0.4 is 11.1 Å². The molecule has 4 nitrogen and oxygen atoms in total. The van der Waals surface area contributed by atoms with Crippen LogP contribution >= 0.6 is 0 Å². The lowest BCUT2D eigenvalue weighted by Gasteiger charge is -2.11. The van der Waals surface area contributed by atoms with Crippen LogP contribution in [0.15, 0.2) is 18.2 Å². The van der Waals surface area contributed by atoms with Gasteiger partial charge >= 0.3 is 0 Å². The van der Waals surface area contributed by atoms with E-state index in [-0.39, 0.29) is 0 Å². The molecule has 0 radical (unpaired) electrons. The molecule has 0 aliphatic heterocycles. The van der Waals surface area contributed by atoms with E-state index in [9.17, 15) is 0 Å². The fourth-order valence-corrected chi connectivity index (χ4v) is 2.10. The normalized spacial score (nSPS) is 10.7. The molecule has 4 heteroatoms. The highest BCUT2D eigenvalue weighted by Crippen LogP contribution is 2.22. The molecule has 0 amide bonds. The lowest BCUT2D eigenvalue weighted by atomic mass is 10.1. The molecular formula is C14H20N4. The number of hydrogen-bond donors (Lipinski definition) is 2. The van der Waals surface area contributed by atoms with Gasteiger partial charge in [-0.15, -0.1) is 0 Å². The summed E-state index contributed by atoms with van der Waals surface area (Å²) in [7, 11) is 1.97. The molecule has 0 spiro atoms. The third-order valence-electron chi connectivity index (χ3n) is 3.49. The van der Waals surface area contributed by atoms with Crippen molar-refractivity contribution in [1.29, 1.82) is 0 Å². The summed E-state index contributed by atoms with van der Waals surface area (Å²) in [6.45, 7) is 6.93. The van der Waals surface area contributed by atoms with Gasteiger partial charge in [-0.1, -0.05) is 6.07 Å². The Morgan fingerprint density at radius 2 is 2.00 bits per heavy atom. The number of aromatic nitrogens is 2. The van der Waals surface area contributed by atoms with Gasteiger partial charge in [0.05, 0.1) is 5.69 Å². The zero-order chi connectivity index (χ0) is 13.3.